The molecule has 0 aliphatic rings. The molecule has 0 bridgehead atoms. The normalized spacial score (nSPS) is 9.12. The Hall–Kier alpha value is -1.80. The van der Waals surface area contributed by atoms with Crippen LogP contribution in [0.3, 0.4) is 0 Å². The molecule has 1 rings (SSSR count). The average molecular weight is 237 g/mol. The van der Waals surface area contributed by atoms with Crippen molar-refractivity contribution in [3.05, 3.63) is 21.4 Å². The van der Waals surface area contributed by atoms with E-state index in [4.69, 9.17) is 5.11 Å². The lowest BCUT2D eigenvalue weighted by atomic mass is 10.2. The lowest BCUT2D eigenvalue weighted by Crippen LogP contribution is -2.19. The summed E-state index contributed by atoms with van der Waals surface area (Å²) in [5.74, 6) is 4.52. The maximum atomic E-state index is 10.7. The lowest BCUT2D eigenvalue weighted by Gasteiger charge is -1.90. The third-order valence-corrected chi connectivity index (χ3v) is 2.90. The van der Waals surface area contributed by atoms with Crippen LogP contribution in [-0.4, -0.2) is 23.5 Å². The van der Waals surface area contributed by atoms with Gasteiger partial charge in [0.1, 0.15) is 4.88 Å². The van der Waals surface area contributed by atoms with Gasteiger partial charge in [-0.3, -0.25) is 4.79 Å². The quantitative estimate of drug-likeness (QED) is 0.760. The molecule has 0 saturated carbocycles. The summed E-state index contributed by atoms with van der Waals surface area (Å²) in [5, 5.41) is 11.3. The molecule has 0 fully saturated rings. The SMILES string of the molecule is CC(=O)NCC#Cc1sc(C(=O)O)cc1C. The third kappa shape index (κ3) is 3.41. The van der Waals surface area contributed by atoms with Gasteiger partial charge < -0.3 is 10.4 Å². The first-order chi connectivity index (χ1) is 7.50. The Bertz CT molecular complexity index is 479. The predicted octanol–water partition coefficient (Wildman–Crippen LogP) is 1.24. The van der Waals surface area contributed by atoms with Crippen molar-refractivity contribution in [2.24, 2.45) is 0 Å². The van der Waals surface area contributed by atoms with Crippen molar-refractivity contribution in [2.45, 2.75) is 13.8 Å². The summed E-state index contributed by atoms with van der Waals surface area (Å²) < 4.78 is 0. The van der Waals surface area contributed by atoms with Crippen molar-refractivity contribution in [1.82, 2.24) is 5.32 Å². The zero-order chi connectivity index (χ0) is 12.1. The summed E-state index contributed by atoms with van der Waals surface area (Å²) >= 11 is 1.14. The number of rotatable bonds is 2. The van der Waals surface area contributed by atoms with Crippen molar-refractivity contribution in [1.29, 1.82) is 0 Å². The minimum Gasteiger partial charge on any atom is -0.477 e. The van der Waals surface area contributed by atoms with Gasteiger partial charge in [-0.1, -0.05) is 11.8 Å². The molecule has 16 heavy (non-hydrogen) atoms. The fourth-order valence-electron chi connectivity index (χ4n) is 1.00. The molecule has 0 unspecified atom stereocenters. The molecular formula is C11H11NO3S. The molecule has 5 heteroatoms. The fraction of sp³-hybridized carbons (Fsp3) is 0.273. The predicted molar refractivity (Wildman–Crippen MR) is 61.6 cm³/mol. The van der Waals surface area contributed by atoms with E-state index in [2.05, 4.69) is 17.2 Å². The lowest BCUT2D eigenvalue weighted by molar-refractivity contribution is -0.118. The van der Waals surface area contributed by atoms with Gasteiger partial charge >= 0.3 is 5.97 Å². The Morgan fingerprint density at radius 2 is 2.25 bits per heavy atom. The fourth-order valence-corrected chi connectivity index (χ4v) is 1.89. The summed E-state index contributed by atoms with van der Waals surface area (Å²) in [7, 11) is 0. The summed E-state index contributed by atoms with van der Waals surface area (Å²) in [6.07, 6.45) is 0. The van der Waals surface area contributed by atoms with Crippen molar-refractivity contribution >= 4 is 23.2 Å². The van der Waals surface area contributed by atoms with E-state index in [1.807, 2.05) is 6.92 Å². The maximum Gasteiger partial charge on any atom is 0.345 e. The van der Waals surface area contributed by atoms with Gasteiger partial charge in [0.25, 0.3) is 0 Å². The van der Waals surface area contributed by atoms with E-state index in [-0.39, 0.29) is 17.3 Å². The van der Waals surface area contributed by atoms with Gasteiger partial charge in [0.2, 0.25) is 5.91 Å². The number of aryl methyl sites for hydroxylation is 1. The maximum absolute atomic E-state index is 10.7. The van der Waals surface area contributed by atoms with Gasteiger partial charge in [0.15, 0.2) is 0 Å². The van der Waals surface area contributed by atoms with Gasteiger partial charge in [0.05, 0.1) is 11.4 Å². The zero-order valence-corrected chi connectivity index (χ0v) is 9.77. The van der Waals surface area contributed by atoms with Crippen molar-refractivity contribution in [3.8, 4) is 11.8 Å². The molecule has 4 nitrogen and oxygen atoms in total. The zero-order valence-electron chi connectivity index (χ0n) is 8.96. The number of thiophene rings is 1. The van der Waals surface area contributed by atoms with Gasteiger partial charge in [-0.05, 0) is 18.6 Å². The molecule has 1 amide bonds. The summed E-state index contributed by atoms with van der Waals surface area (Å²) in [6, 6.07) is 1.59. The Labute approximate surface area is 97.3 Å². The van der Waals surface area contributed by atoms with Crippen LogP contribution in [0.25, 0.3) is 0 Å². The van der Waals surface area contributed by atoms with Crippen LogP contribution in [0.5, 0.6) is 0 Å². The summed E-state index contributed by atoms with van der Waals surface area (Å²) in [6.45, 7) is 3.50. The highest BCUT2D eigenvalue weighted by Gasteiger charge is 2.08. The molecule has 0 spiro atoms. The number of carbonyl (C=O) groups is 2. The molecule has 0 aliphatic carbocycles. The van der Waals surface area contributed by atoms with Gasteiger partial charge in [-0.25, -0.2) is 4.79 Å². The van der Waals surface area contributed by atoms with E-state index in [1.165, 1.54) is 6.92 Å². The Morgan fingerprint density at radius 3 is 2.75 bits per heavy atom. The number of aromatic carboxylic acids is 1. The van der Waals surface area contributed by atoms with Crippen molar-refractivity contribution in [3.63, 3.8) is 0 Å². The number of carbonyl (C=O) groups excluding carboxylic acids is 1. The van der Waals surface area contributed by atoms with Crippen LogP contribution < -0.4 is 5.32 Å². The van der Waals surface area contributed by atoms with Gasteiger partial charge in [-0.2, -0.15) is 0 Å². The molecule has 0 atom stereocenters. The average Bonchev–Trinajstić information content (AvgIpc) is 2.55. The number of hydrogen-bond acceptors (Lipinski definition) is 3. The number of amides is 1. The first-order valence-corrected chi connectivity index (χ1v) is 5.39. The van der Waals surface area contributed by atoms with E-state index >= 15 is 0 Å². The minimum atomic E-state index is -0.942. The summed E-state index contributed by atoms with van der Waals surface area (Å²) in [4.78, 5) is 22.3. The monoisotopic (exact) mass is 237 g/mol. The molecule has 0 radical (unpaired) electrons. The molecule has 0 aliphatic heterocycles. The van der Waals surface area contributed by atoms with Crippen LogP contribution in [-0.2, 0) is 4.79 Å². The number of nitrogens with one attached hydrogen (secondary N) is 1. The molecule has 0 saturated heterocycles. The molecule has 84 valence electrons. The first-order valence-electron chi connectivity index (χ1n) is 4.57. The van der Waals surface area contributed by atoms with E-state index in [0.717, 1.165) is 21.8 Å². The molecule has 1 heterocycles. The van der Waals surface area contributed by atoms with Crippen LogP contribution >= 0.6 is 11.3 Å². The van der Waals surface area contributed by atoms with Crippen molar-refractivity contribution < 1.29 is 14.7 Å². The van der Waals surface area contributed by atoms with Gasteiger partial charge in [-0.15, -0.1) is 11.3 Å². The molecule has 2 N–H and O–H groups in total. The topological polar surface area (TPSA) is 66.4 Å². The van der Waals surface area contributed by atoms with Gasteiger partial charge in [0, 0.05) is 6.92 Å². The largest absolute Gasteiger partial charge is 0.477 e. The van der Waals surface area contributed by atoms with Crippen molar-refractivity contribution in [2.75, 3.05) is 6.54 Å². The Morgan fingerprint density at radius 1 is 1.56 bits per heavy atom. The number of carboxylic acids is 1. The van der Waals surface area contributed by atoms with Crippen LogP contribution in [0.1, 0.15) is 27.0 Å². The second kappa shape index (κ2) is 5.33. The van der Waals surface area contributed by atoms with Crippen LogP contribution in [0.4, 0.5) is 0 Å². The van der Waals surface area contributed by atoms with E-state index < -0.39 is 5.97 Å². The Balaban J connectivity index is 2.73. The highest BCUT2D eigenvalue weighted by Crippen LogP contribution is 2.20. The van der Waals surface area contributed by atoms with Crippen LogP contribution in [0.2, 0.25) is 0 Å². The second-order valence-corrected chi connectivity index (χ2v) is 4.19. The highest BCUT2D eigenvalue weighted by molar-refractivity contribution is 7.14. The Kier molecular flexibility index (Phi) is 4.09. The minimum absolute atomic E-state index is 0.136. The van der Waals surface area contributed by atoms with E-state index in [1.54, 1.807) is 6.07 Å². The van der Waals surface area contributed by atoms with Crippen LogP contribution in [0.15, 0.2) is 6.07 Å². The molecule has 0 aromatic carbocycles. The van der Waals surface area contributed by atoms with Crippen LogP contribution in [0, 0.1) is 18.8 Å². The highest BCUT2D eigenvalue weighted by atomic mass is 32.1. The molecule has 1 aromatic heterocycles. The van der Waals surface area contributed by atoms with E-state index in [9.17, 15) is 9.59 Å². The standard InChI is InChI=1S/C11H11NO3S/c1-7-6-10(11(14)15)16-9(7)4-3-5-12-8(2)13/h6H,5H2,1-2H3,(H,12,13)(H,14,15). The second-order valence-electron chi connectivity index (χ2n) is 3.14. The summed E-state index contributed by atoms with van der Waals surface area (Å²) in [5.41, 5.74) is 0.845. The number of carboxylic acid groups (broad SMARTS) is 1. The molecular weight excluding hydrogens is 226 g/mol. The first kappa shape index (κ1) is 12.3. The number of hydrogen-bond donors (Lipinski definition) is 2. The molecule has 1 aromatic rings. The smallest absolute Gasteiger partial charge is 0.345 e. The third-order valence-electron chi connectivity index (χ3n) is 1.76. The van der Waals surface area contributed by atoms with E-state index in [0.29, 0.717) is 0 Å².